The van der Waals surface area contributed by atoms with Gasteiger partial charge in [-0.25, -0.2) is 4.39 Å². The molecule has 90 valence electrons. The maximum Gasteiger partial charge on any atom is 0.102 e. The molecule has 0 bridgehead atoms. The fraction of sp³-hybridized carbons (Fsp3) is 0.500. The molecule has 16 heavy (non-hydrogen) atoms. The van der Waals surface area contributed by atoms with Gasteiger partial charge in [0.1, 0.15) is 6.67 Å². The maximum atomic E-state index is 11.8. The minimum Gasteiger partial charge on any atom is -0.327 e. The molecule has 3 N–H and O–H groups in total. The SMILES string of the molecule is N[C@H](CCNCCF)CSc1ccccc1. The maximum absolute atomic E-state index is 11.8. The lowest BCUT2D eigenvalue weighted by atomic mass is 10.2. The van der Waals surface area contributed by atoms with Crippen LogP contribution in [0.25, 0.3) is 0 Å². The molecule has 0 aliphatic rings. The average Bonchev–Trinajstić information content (AvgIpc) is 2.33. The summed E-state index contributed by atoms with van der Waals surface area (Å²) >= 11 is 1.77. The van der Waals surface area contributed by atoms with Crippen LogP contribution in [0.3, 0.4) is 0 Å². The average molecular weight is 242 g/mol. The highest BCUT2D eigenvalue weighted by atomic mass is 32.2. The fourth-order valence-electron chi connectivity index (χ4n) is 1.28. The monoisotopic (exact) mass is 242 g/mol. The molecule has 0 saturated carbocycles. The summed E-state index contributed by atoms with van der Waals surface area (Å²) in [6.07, 6.45) is 0.889. The summed E-state index contributed by atoms with van der Waals surface area (Å²) < 4.78 is 11.8. The number of nitrogens with one attached hydrogen (secondary N) is 1. The van der Waals surface area contributed by atoms with Gasteiger partial charge in [-0.3, -0.25) is 0 Å². The van der Waals surface area contributed by atoms with Crippen LogP contribution in [-0.4, -0.2) is 31.6 Å². The van der Waals surface area contributed by atoms with Gasteiger partial charge in [0.25, 0.3) is 0 Å². The van der Waals surface area contributed by atoms with Gasteiger partial charge in [0.2, 0.25) is 0 Å². The van der Waals surface area contributed by atoms with E-state index in [9.17, 15) is 4.39 Å². The second-order valence-corrected chi connectivity index (χ2v) is 4.71. The quantitative estimate of drug-likeness (QED) is 0.541. The predicted molar refractivity (Wildman–Crippen MR) is 68.6 cm³/mol. The molecule has 0 fully saturated rings. The number of hydrogen-bond donors (Lipinski definition) is 2. The van der Waals surface area contributed by atoms with Gasteiger partial charge in [0.05, 0.1) is 0 Å². The third kappa shape index (κ3) is 6.10. The molecule has 0 spiro atoms. The van der Waals surface area contributed by atoms with Crippen LogP contribution in [0.5, 0.6) is 0 Å². The van der Waals surface area contributed by atoms with Gasteiger partial charge in [0, 0.05) is 23.2 Å². The van der Waals surface area contributed by atoms with Gasteiger partial charge >= 0.3 is 0 Å². The molecule has 0 aliphatic carbocycles. The zero-order chi connectivity index (χ0) is 11.6. The highest BCUT2D eigenvalue weighted by Gasteiger charge is 2.02. The van der Waals surface area contributed by atoms with Crippen molar-refractivity contribution in [1.82, 2.24) is 5.32 Å². The predicted octanol–water partition coefficient (Wildman–Crippen LogP) is 2.06. The van der Waals surface area contributed by atoms with Crippen molar-refractivity contribution in [2.75, 3.05) is 25.5 Å². The Morgan fingerprint density at radius 2 is 2.00 bits per heavy atom. The summed E-state index contributed by atoms with van der Waals surface area (Å²) in [4.78, 5) is 1.25. The number of alkyl halides is 1. The van der Waals surface area contributed by atoms with Crippen LogP contribution in [0.15, 0.2) is 35.2 Å². The second-order valence-electron chi connectivity index (χ2n) is 3.61. The van der Waals surface area contributed by atoms with Crippen molar-refractivity contribution in [2.24, 2.45) is 5.73 Å². The highest BCUT2D eigenvalue weighted by molar-refractivity contribution is 7.99. The zero-order valence-corrected chi connectivity index (χ0v) is 10.2. The Hall–Kier alpha value is -0.580. The van der Waals surface area contributed by atoms with Gasteiger partial charge in [-0.2, -0.15) is 0 Å². The third-order valence-electron chi connectivity index (χ3n) is 2.17. The van der Waals surface area contributed by atoms with Crippen LogP contribution in [0.4, 0.5) is 4.39 Å². The number of halogens is 1. The molecule has 0 amide bonds. The van der Waals surface area contributed by atoms with Gasteiger partial charge in [-0.05, 0) is 25.1 Å². The van der Waals surface area contributed by atoms with Gasteiger partial charge in [-0.1, -0.05) is 18.2 Å². The zero-order valence-electron chi connectivity index (χ0n) is 9.36. The molecule has 1 rings (SSSR count). The van der Waals surface area contributed by atoms with Gasteiger partial charge in [0.15, 0.2) is 0 Å². The normalized spacial score (nSPS) is 12.6. The van der Waals surface area contributed by atoms with E-state index in [1.165, 1.54) is 4.90 Å². The lowest BCUT2D eigenvalue weighted by molar-refractivity contribution is 0.460. The number of nitrogens with two attached hydrogens (primary N) is 1. The number of rotatable bonds is 8. The van der Waals surface area contributed by atoms with E-state index in [0.717, 1.165) is 18.7 Å². The molecule has 1 aromatic carbocycles. The van der Waals surface area contributed by atoms with E-state index < -0.39 is 0 Å². The van der Waals surface area contributed by atoms with E-state index >= 15 is 0 Å². The number of hydrogen-bond acceptors (Lipinski definition) is 3. The Kier molecular flexibility index (Phi) is 7.21. The Morgan fingerprint density at radius 1 is 1.25 bits per heavy atom. The third-order valence-corrected chi connectivity index (χ3v) is 3.37. The summed E-state index contributed by atoms with van der Waals surface area (Å²) in [5, 5.41) is 3.00. The van der Waals surface area contributed by atoms with E-state index in [0.29, 0.717) is 6.54 Å². The number of benzene rings is 1. The molecule has 4 heteroatoms. The molecule has 0 unspecified atom stereocenters. The summed E-state index contributed by atoms with van der Waals surface area (Å²) in [7, 11) is 0. The molecule has 1 aromatic rings. The summed E-state index contributed by atoms with van der Waals surface area (Å²) in [6, 6.07) is 10.4. The molecule has 0 heterocycles. The van der Waals surface area contributed by atoms with Gasteiger partial charge in [-0.15, -0.1) is 11.8 Å². The standard InChI is InChI=1S/C12H19FN2S/c13-7-9-15-8-6-11(14)10-16-12-4-2-1-3-5-12/h1-5,11,15H,6-10,14H2/t11-/m1/s1. The largest absolute Gasteiger partial charge is 0.327 e. The lowest BCUT2D eigenvalue weighted by Crippen LogP contribution is -2.29. The van der Waals surface area contributed by atoms with Crippen LogP contribution in [0, 0.1) is 0 Å². The molecule has 0 aliphatic heterocycles. The Balaban J connectivity index is 2.08. The van der Waals surface area contributed by atoms with Crippen LogP contribution in [0.1, 0.15) is 6.42 Å². The van der Waals surface area contributed by atoms with Crippen LogP contribution < -0.4 is 11.1 Å². The van der Waals surface area contributed by atoms with E-state index in [1.807, 2.05) is 18.2 Å². The van der Waals surface area contributed by atoms with Crippen molar-refractivity contribution in [3.63, 3.8) is 0 Å². The molecular formula is C12H19FN2S. The topological polar surface area (TPSA) is 38.0 Å². The van der Waals surface area contributed by atoms with Crippen LogP contribution in [0.2, 0.25) is 0 Å². The van der Waals surface area contributed by atoms with Crippen molar-refractivity contribution in [1.29, 1.82) is 0 Å². The van der Waals surface area contributed by atoms with Crippen molar-refractivity contribution in [2.45, 2.75) is 17.4 Å². The van der Waals surface area contributed by atoms with E-state index in [2.05, 4.69) is 17.4 Å². The van der Waals surface area contributed by atoms with E-state index in [-0.39, 0.29) is 12.7 Å². The molecular weight excluding hydrogens is 223 g/mol. The first-order valence-corrected chi connectivity index (χ1v) is 6.51. The minimum absolute atomic E-state index is 0.164. The molecule has 1 atom stereocenters. The Labute approximate surface area is 101 Å². The summed E-state index contributed by atoms with van der Waals surface area (Å²) in [5.41, 5.74) is 5.95. The van der Waals surface area contributed by atoms with Crippen LogP contribution in [-0.2, 0) is 0 Å². The van der Waals surface area contributed by atoms with E-state index in [1.54, 1.807) is 11.8 Å². The lowest BCUT2D eigenvalue weighted by Gasteiger charge is -2.11. The number of thioether (sulfide) groups is 1. The van der Waals surface area contributed by atoms with Crippen molar-refractivity contribution >= 4 is 11.8 Å². The Bertz CT molecular complexity index is 269. The smallest absolute Gasteiger partial charge is 0.102 e. The second kappa shape index (κ2) is 8.56. The van der Waals surface area contributed by atoms with E-state index in [4.69, 9.17) is 5.73 Å². The Morgan fingerprint density at radius 3 is 2.69 bits per heavy atom. The summed E-state index contributed by atoms with van der Waals surface area (Å²) in [5.74, 6) is 0.904. The summed E-state index contributed by atoms with van der Waals surface area (Å²) in [6.45, 7) is 0.910. The highest BCUT2D eigenvalue weighted by Crippen LogP contribution is 2.17. The molecule has 0 saturated heterocycles. The van der Waals surface area contributed by atoms with Crippen molar-refractivity contribution in [3.05, 3.63) is 30.3 Å². The first-order valence-electron chi connectivity index (χ1n) is 5.53. The molecule has 0 radical (unpaired) electrons. The first kappa shape index (κ1) is 13.5. The molecule has 0 aromatic heterocycles. The fourth-order valence-corrected chi connectivity index (χ4v) is 2.21. The van der Waals surface area contributed by atoms with Crippen molar-refractivity contribution < 1.29 is 4.39 Å². The minimum atomic E-state index is -0.312. The van der Waals surface area contributed by atoms with Crippen molar-refractivity contribution in [3.8, 4) is 0 Å². The van der Waals surface area contributed by atoms with Gasteiger partial charge < -0.3 is 11.1 Å². The molecule has 2 nitrogen and oxygen atoms in total. The first-order chi connectivity index (χ1) is 7.83. The van der Waals surface area contributed by atoms with Crippen LogP contribution >= 0.6 is 11.8 Å².